The molecule has 1 atom stereocenters. The summed E-state index contributed by atoms with van der Waals surface area (Å²) in [6.07, 6.45) is 4.03. The summed E-state index contributed by atoms with van der Waals surface area (Å²) in [7, 11) is 0. The maximum atomic E-state index is 6.16. The lowest BCUT2D eigenvalue weighted by molar-refractivity contribution is 0.204. The average Bonchev–Trinajstić information content (AvgIpc) is 2.78. The normalized spacial score (nSPS) is 18.5. The Bertz CT molecular complexity index is 596. The van der Waals surface area contributed by atoms with Crippen molar-refractivity contribution >= 4 is 17.0 Å². The minimum absolute atomic E-state index is 0.361. The number of hydrogen-bond donors (Lipinski definition) is 1. The second kappa shape index (κ2) is 5.44. The maximum Gasteiger partial charge on any atom is 0.201 e. The van der Waals surface area contributed by atoms with Gasteiger partial charge in [0, 0.05) is 12.6 Å². The molecule has 1 aromatic heterocycles. The highest BCUT2D eigenvalue weighted by Gasteiger charge is 2.18. The van der Waals surface area contributed by atoms with Crippen molar-refractivity contribution in [3.8, 4) is 0 Å². The van der Waals surface area contributed by atoms with Gasteiger partial charge in [-0.1, -0.05) is 18.6 Å². The van der Waals surface area contributed by atoms with E-state index in [1.54, 1.807) is 0 Å². The van der Waals surface area contributed by atoms with Crippen LogP contribution in [0.15, 0.2) is 18.2 Å². The van der Waals surface area contributed by atoms with Crippen LogP contribution in [0, 0.1) is 6.92 Å². The van der Waals surface area contributed by atoms with E-state index < -0.39 is 0 Å². The number of nitrogen functional groups attached to an aromatic ring is 1. The Hall–Kier alpha value is -1.55. The minimum Gasteiger partial charge on any atom is -0.369 e. The quantitative estimate of drug-likeness (QED) is 0.934. The molecule has 0 radical (unpaired) electrons. The van der Waals surface area contributed by atoms with Crippen LogP contribution in [-0.2, 0) is 0 Å². The number of para-hydroxylation sites is 1. The molecule has 4 heteroatoms. The molecular weight excluding hydrogens is 248 g/mol. The molecule has 20 heavy (non-hydrogen) atoms. The summed E-state index contributed by atoms with van der Waals surface area (Å²) in [5.41, 5.74) is 9.55. The summed E-state index contributed by atoms with van der Waals surface area (Å²) in [6.45, 7) is 7.83. The first-order valence-corrected chi connectivity index (χ1v) is 7.62. The van der Waals surface area contributed by atoms with Gasteiger partial charge >= 0.3 is 0 Å². The largest absolute Gasteiger partial charge is 0.369 e. The Morgan fingerprint density at radius 3 is 2.75 bits per heavy atom. The molecule has 2 N–H and O–H groups in total. The number of hydrogen-bond acceptors (Lipinski definition) is 3. The third-order valence-electron chi connectivity index (χ3n) is 4.36. The zero-order valence-corrected chi connectivity index (χ0v) is 12.5. The Balaban J connectivity index is 1.88. The van der Waals surface area contributed by atoms with E-state index in [9.17, 15) is 0 Å². The number of piperidine rings is 1. The van der Waals surface area contributed by atoms with Crippen molar-refractivity contribution in [1.29, 1.82) is 0 Å². The highest BCUT2D eigenvalue weighted by atomic mass is 15.2. The molecule has 0 saturated carbocycles. The third-order valence-corrected chi connectivity index (χ3v) is 4.36. The first kappa shape index (κ1) is 13.4. The molecule has 0 spiro atoms. The number of anilines is 1. The molecule has 1 aromatic carbocycles. The lowest BCUT2D eigenvalue weighted by Crippen LogP contribution is -2.34. The minimum atomic E-state index is 0.361. The summed E-state index contributed by atoms with van der Waals surface area (Å²) in [5, 5.41) is 0. The fourth-order valence-electron chi connectivity index (χ4n) is 3.34. The number of rotatable bonds is 3. The number of likely N-dealkylation sites (tertiary alicyclic amines) is 1. The van der Waals surface area contributed by atoms with Crippen LogP contribution in [0.1, 0.15) is 37.8 Å². The lowest BCUT2D eigenvalue weighted by atomic mass is 10.1. The van der Waals surface area contributed by atoms with Gasteiger partial charge in [-0.3, -0.25) is 0 Å². The Labute approximate surface area is 120 Å². The molecule has 2 heterocycles. The predicted molar refractivity (Wildman–Crippen MR) is 83.9 cm³/mol. The molecule has 0 amide bonds. The molecule has 3 rings (SSSR count). The van der Waals surface area contributed by atoms with E-state index in [0.29, 0.717) is 12.0 Å². The number of aryl methyl sites for hydroxylation is 1. The predicted octanol–water partition coefficient (Wildman–Crippen LogP) is 2.97. The number of fused-ring (bicyclic) bond motifs is 1. The number of nitrogens with zero attached hydrogens (tertiary/aromatic N) is 3. The van der Waals surface area contributed by atoms with E-state index in [1.165, 1.54) is 37.9 Å². The topological polar surface area (TPSA) is 47.1 Å². The SMILES string of the molecule is Cc1cccc2c1nc(N)n2C(C)CN1CCCCC1. The van der Waals surface area contributed by atoms with Crippen molar-refractivity contribution in [2.45, 2.75) is 39.2 Å². The molecule has 0 aliphatic carbocycles. The highest BCUT2D eigenvalue weighted by Crippen LogP contribution is 2.26. The van der Waals surface area contributed by atoms with Crippen molar-refractivity contribution in [2.75, 3.05) is 25.4 Å². The molecule has 1 aliphatic rings. The van der Waals surface area contributed by atoms with Gasteiger partial charge in [0.1, 0.15) is 0 Å². The van der Waals surface area contributed by atoms with E-state index in [-0.39, 0.29) is 0 Å². The van der Waals surface area contributed by atoms with Crippen LogP contribution in [-0.4, -0.2) is 34.1 Å². The molecule has 1 unspecified atom stereocenters. The van der Waals surface area contributed by atoms with Crippen LogP contribution >= 0.6 is 0 Å². The van der Waals surface area contributed by atoms with E-state index in [0.717, 1.165) is 17.6 Å². The zero-order valence-electron chi connectivity index (χ0n) is 12.5. The van der Waals surface area contributed by atoms with Gasteiger partial charge in [0.2, 0.25) is 5.95 Å². The molecule has 1 saturated heterocycles. The van der Waals surface area contributed by atoms with Gasteiger partial charge in [-0.15, -0.1) is 0 Å². The summed E-state index contributed by atoms with van der Waals surface area (Å²) in [5.74, 6) is 0.638. The third kappa shape index (κ3) is 2.40. The van der Waals surface area contributed by atoms with Gasteiger partial charge in [0.05, 0.1) is 11.0 Å². The highest BCUT2D eigenvalue weighted by molar-refractivity contribution is 5.81. The monoisotopic (exact) mass is 272 g/mol. The van der Waals surface area contributed by atoms with Crippen LogP contribution in [0.3, 0.4) is 0 Å². The van der Waals surface area contributed by atoms with Crippen LogP contribution in [0.2, 0.25) is 0 Å². The van der Waals surface area contributed by atoms with Crippen LogP contribution in [0.5, 0.6) is 0 Å². The maximum absolute atomic E-state index is 6.16. The Morgan fingerprint density at radius 1 is 1.25 bits per heavy atom. The van der Waals surface area contributed by atoms with Crippen molar-refractivity contribution in [1.82, 2.24) is 14.5 Å². The fraction of sp³-hybridized carbons (Fsp3) is 0.562. The van der Waals surface area contributed by atoms with Crippen molar-refractivity contribution in [3.05, 3.63) is 23.8 Å². The van der Waals surface area contributed by atoms with Gasteiger partial charge in [-0.05, 0) is 51.4 Å². The van der Waals surface area contributed by atoms with E-state index in [4.69, 9.17) is 5.73 Å². The summed E-state index contributed by atoms with van der Waals surface area (Å²) >= 11 is 0. The van der Waals surface area contributed by atoms with Gasteiger partial charge in [-0.25, -0.2) is 4.98 Å². The van der Waals surface area contributed by atoms with E-state index in [1.807, 2.05) is 0 Å². The number of benzene rings is 1. The molecule has 2 aromatic rings. The molecule has 4 nitrogen and oxygen atoms in total. The molecule has 108 valence electrons. The average molecular weight is 272 g/mol. The molecule has 0 bridgehead atoms. The van der Waals surface area contributed by atoms with Gasteiger partial charge < -0.3 is 15.2 Å². The standard InChI is InChI=1S/C16H24N4/c1-12-7-6-8-14-15(12)18-16(17)20(14)13(2)11-19-9-4-3-5-10-19/h6-8,13H,3-5,9-11H2,1-2H3,(H2,17,18). The van der Waals surface area contributed by atoms with Gasteiger partial charge in [0.15, 0.2) is 0 Å². The zero-order chi connectivity index (χ0) is 14.1. The van der Waals surface area contributed by atoms with E-state index >= 15 is 0 Å². The second-order valence-corrected chi connectivity index (χ2v) is 5.99. The lowest BCUT2D eigenvalue weighted by Gasteiger charge is -2.30. The number of nitrogens with two attached hydrogens (primary N) is 1. The first-order valence-electron chi connectivity index (χ1n) is 7.62. The van der Waals surface area contributed by atoms with Crippen molar-refractivity contribution < 1.29 is 0 Å². The van der Waals surface area contributed by atoms with Crippen LogP contribution in [0.25, 0.3) is 11.0 Å². The number of aromatic nitrogens is 2. The summed E-state index contributed by atoms with van der Waals surface area (Å²) < 4.78 is 2.19. The van der Waals surface area contributed by atoms with E-state index in [2.05, 4.69) is 46.5 Å². The number of imidazole rings is 1. The fourth-order valence-corrected chi connectivity index (χ4v) is 3.34. The summed E-state index contributed by atoms with van der Waals surface area (Å²) in [4.78, 5) is 7.10. The summed E-state index contributed by atoms with van der Waals surface area (Å²) in [6, 6.07) is 6.66. The molecule has 1 fully saturated rings. The van der Waals surface area contributed by atoms with Gasteiger partial charge in [0.25, 0.3) is 0 Å². The Kier molecular flexibility index (Phi) is 3.66. The van der Waals surface area contributed by atoms with Crippen LogP contribution in [0.4, 0.5) is 5.95 Å². The Morgan fingerprint density at radius 2 is 2.00 bits per heavy atom. The smallest absolute Gasteiger partial charge is 0.201 e. The molecule has 1 aliphatic heterocycles. The van der Waals surface area contributed by atoms with Crippen molar-refractivity contribution in [3.63, 3.8) is 0 Å². The van der Waals surface area contributed by atoms with Crippen LogP contribution < -0.4 is 5.73 Å². The van der Waals surface area contributed by atoms with Gasteiger partial charge in [-0.2, -0.15) is 0 Å². The first-order chi connectivity index (χ1) is 9.66. The molecular formula is C16H24N4. The van der Waals surface area contributed by atoms with Crippen molar-refractivity contribution in [2.24, 2.45) is 0 Å². The second-order valence-electron chi connectivity index (χ2n) is 5.99.